The summed E-state index contributed by atoms with van der Waals surface area (Å²) >= 11 is 1.41. The quantitative estimate of drug-likeness (QED) is 0.933. The summed E-state index contributed by atoms with van der Waals surface area (Å²) in [6.45, 7) is 6.21. The monoisotopic (exact) mass is 320 g/mol. The van der Waals surface area contributed by atoms with Crippen molar-refractivity contribution in [1.29, 1.82) is 0 Å². The summed E-state index contributed by atoms with van der Waals surface area (Å²) in [5.74, 6) is 1.01. The molecule has 0 bridgehead atoms. The minimum Gasteiger partial charge on any atom is -0.493 e. The number of aromatic nitrogens is 1. The van der Waals surface area contributed by atoms with E-state index in [1.807, 2.05) is 0 Å². The second kappa shape index (κ2) is 6.36. The van der Waals surface area contributed by atoms with Crippen molar-refractivity contribution < 1.29 is 14.3 Å². The molecule has 0 spiro atoms. The van der Waals surface area contributed by atoms with Gasteiger partial charge in [-0.25, -0.2) is 4.98 Å². The molecule has 0 aliphatic heterocycles. The van der Waals surface area contributed by atoms with Gasteiger partial charge in [-0.1, -0.05) is 20.8 Å². The third-order valence-corrected chi connectivity index (χ3v) is 4.43. The van der Waals surface area contributed by atoms with Crippen LogP contribution < -0.4 is 14.8 Å². The van der Waals surface area contributed by atoms with Crippen molar-refractivity contribution in [2.24, 2.45) is 0 Å². The van der Waals surface area contributed by atoms with Crippen LogP contribution in [0.2, 0.25) is 0 Å². The zero-order valence-electron chi connectivity index (χ0n) is 13.4. The van der Waals surface area contributed by atoms with Crippen LogP contribution in [0.25, 0.3) is 0 Å². The Kier molecular flexibility index (Phi) is 4.71. The van der Waals surface area contributed by atoms with E-state index in [-0.39, 0.29) is 11.3 Å². The van der Waals surface area contributed by atoms with Gasteiger partial charge in [0.1, 0.15) is 4.88 Å². The minimum atomic E-state index is -0.180. The summed E-state index contributed by atoms with van der Waals surface area (Å²) in [6, 6.07) is 5.25. The van der Waals surface area contributed by atoms with E-state index in [0.29, 0.717) is 22.1 Å². The number of benzene rings is 1. The van der Waals surface area contributed by atoms with E-state index < -0.39 is 0 Å². The third-order valence-electron chi connectivity index (χ3n) is 3.01. The topological polar surface area (TPSA) is 60.5 Å². The summed E-state index contributed by atoms with van der Waals surface area (Å²) in [7, 11) is 3.13. The Morgan fingerprint density at radius 1 is 1.18 bits per heavy atom. The Balaban J connectivity index is 2.17. The lowest BCUT2D eigenvalue weighted by atomic mass is 9.98. The lowest BCUT2D eigenvalue weighted by molar-refractivity contribution is 0.103. The minimum absolute atomic E-state index is 0.0630. The Bertz CT molecular complexity index is 674. The van der Waals surface area contributed by atoms with Crippen molar-refractivity contribution in [2.75, 3.05) is 19.5 Å². The number of ether oxygens (including phenoxy) is 2. The molecule has 1 amide bonds. The molecular weight excluding hydrogens is 300 g/mol. The van der Waals surface area contributed by atoms with E-state index in [9.17, 15) is 4.79 Å². The molecule has 0 aliphatic carbocycles. The van der Waals surface area contributed by atoms with Gasteiger partial charge in [-0.05, 0) is 12.1 Å². The maximum atomic E-state index is 12.3. The fourth-order valence-corrected chi connectivity index (χ4v) is 2.70. The van der Waals surface area contributed by atoms with E-state index in [1.54, 1.807) is 38.6 Å². The number of anilines is 1. The molecule has 22 heavy (non-hydrogen) atoms. The van der Waals surface area contributed by atoms with Gasteiger partial charge in [-0.2, -0.15) is 0 Å². The van der Waals surface area contributed by atoms with E-state index >= 15 is 0 Å². The lowest BCUT2D eigenvalue weighted by Crippen LogP contribution is -2.11. The van der Waals surface area contributed by atoms with Crippen LogP contribution in [-0.4, -0.2) is 25.1 Å². The van der Waals surface area contributed by atoms with Gasteiger partial charge in [0.15, 0.2) is 11.5 Å². The average molecular weight is 320 g/mol. The highest BCUT2D eigenvalue weighted by Crippen LogP contribution is 2.31. The molecule has 1 aromatic carbocycles. The standard InChI is InChI=1S/C16H20N2O3S/c1-16(2,3)15-17-9-13(22-15)14(19)18-10-6-7-11(20-4)12(8-10)21-5/h6-9H,1-5H3,(H,18,19). The molecule has 0 fully saturated rings. The number of amides is 1. The average Bonchev–Trinajstić information content (AvgIpc) is 2.97. The second-order valence-corrected chi connectivity index (χ2v) is 6.83. The zero-order valence-corrected chi connectivity index (χ0v) is 14.2. The van der Waals surface area contributed by atoms with Crippen molar-refractivity contribution >= 4 is 22.9 Å². The first-order valence-corrected chi connectivity index (χ1v) is 7.66. The molecule has 0 saturated heterocycles. The van der Waals surface area contributed by atoms with Crippen LogP contribution in [0.3, 0.4) is 0 Å². The number of rotatable bonds is 4. The first-order valence-electron chi connectivity index (χ1n) is 6.85. The van der Waals surface area contributed by atoms with Crippen LogP contribution in [0.15, 0.2) is 24.4 Å². The first-order chi connectivity index (χ1) is 10.3. The molecule has 5 nitrogen and oxygen atoms in total. The van der Waals surface area contributed by atoms with Crippen LogP contribution in [0.1, 0.15) is 35.5 Å². The van der Waals surface area contributed by atoms with Crippen LogP contribution in [0.5, 0.6) is 11.5 Å². The molecule has 0 saturated carbocycles. The normalized spacial score (nSPS) is 11.1. The van der Waals surface area contributed by atoms with Gasteiger partial charge in [0.05, 0.1) is 25.4 Å². The zero-order chi connectivity index (χ0) is 16.3. The van der Waals surface area contributed by atoms with Gasteiger partial charge in [-0.15, -0.1) is 11.3 Å². The summed E-state index contributed by atoms with van der Waals surface area (Å²) in [5.41, 5.74) is 0.584. The van der Waals surface area contributed by atoms with E-state index in [2.05, 4.69) is 31.1 Å². The van der Waals surface area contributed by atoms with Gasteiger partial charge < -0.3 is 14.8 Å². The second-order valence-electron chi connectivity index (χ2n) is 5.80. The maximum Gasteiger partial charge on any atom is 0.267 e. The molecule has 0 atom stereocenters. The number of carbonyl (C=O) groups excluding carboxylic acids is 1. The highest BCUT2D eigenvalue weighted by atomic mass is 32.1. The molecule has 0 aliphatic rings. The molecule has 0 unspecified atom stereocenters. The molecule has 1 N–H and O–H groups in total. The summed E-state index contributed by atoms with van der Waals surface area (Å²) in [4.78, 5) is 17.2. The number of hydrogen-bond donors (Lipinski definition) is 1. The summed E-state index contributed by atoms with van der Waals surface area (Å²) in [5, 5.41) is 3.78. The van der Waals surface area contributed by atoms with E-state index in [4.69, 9.17) is 9.47 Å². The van der Waals surface area contributed by atoms with E-state index in [0.717, 1.165) is 5.01 Å². The Morgan fingerprint density at radius 3 is 2.41 bits per heavy atom. The highest BCUT2D eigenvalue weighted by Gasteiger charge is 2.20. The Labute approximate surface area is 134 Å². The van der Waals surface area contributed by atoms with Crippen molar-refractivity contribution in [3.05, 3.63) is 34.3 Å². The van der Waals surface area contributed by atoms with Crippen LogP contribution in [0, 0.1) is 0 Å². The van der Waals surface area contributed by atoms with Gasteiger partial charge in [0.25, 0.3) is 5.91 Å². The van der Waals surface area contributed by atoms with E-state index in [1.165, 1.54) is 11.3 Å². The largest absolute Gasteiger partial charge is 0.493 e. The highest BCUT2D eigenvalue weighted by molar-refractivity contribution is 7.13. The molecule has 1 aromatic heterocycles. The predicted molar refractivity (Wildman–Crippen MR) is 88.3 cm³/mol. The SMILES string of the molecule is COc1ccc(NC(=O)c2cnc(C(C)(C)C)s2)cc1OC. The van der Waals surface area contributed by atoms with Crippen LogP contribution >= 0.6 is 11.3 Å². The van der Waals surface area contributed by atoms with Gasteiger partial charge in [-0.3, -0.25) is 4.79 Å². The molecular formula is C16H20N2O3S. The summed E-state index contributed by atoms with van der Waals surface area (Å²) < 4.78 is 10.4. The van der Waals surface area contributed by atoms with Gasteiger partial charge >= 0.3 is 0 Å². The fraction of sp³-hybridized carbons (Fsp3) is 0.375. The molecule has 118 valence electrons. The van der Waals surface area contributed by atoms with Crippen molar-refractivity contribution in [3.63, 3.8) is 0 Å². The van der Waals surface area contributed by atoms with Crippen molar-refractivity contribution in [1.82, 2.24) is 4.98 Å². The molecule has 2 aromatic rings. The predicted octanol–water partition coefficient (Wildman–Crippen LogP) is 3.71. The number of methoxy groups -OCH3 is 2. The van der Waals surface area contributed by atoms with Gasteiger partial charge in [0, 0.05) is 17.2 Å². The maximum absolute atomic E-state index is 12.3. The number of hydrogen-bond acceptors (Lipinski definition) is 5. The number of nitrogens with zero attached hydrogens (tertiary/aromatic N) is 1. The molecule has 1 heterocycles. The van der Waals surface area contributed by atoms with Crippen molar-refractivity contribution in [3.8, 4) is 11.5 Å². The lowest BCUT2D eigenvalue weighted by Gasteiger charge is -2.13. The molecule has 0 radical (unpaired) electrons. The summed E-state index contributed by atoms with van der Waals surface area (Å²) in [6.07, 6.45) is 1.61. The van der Waals surface area contributed by atoms with Gasteiger partial charge in [0.2, 0.25) is 0 Å². The first kappa shape index (κ1) is 16.3. The number of carbonyl (C=O) groups is 1. The third kappa shape index (κ3) is 3.57. The Morgan fingerprint density at radius 2 is 1.86 bits per heavy atom. The van der Waals surface area contributed by atoms with Crippen molar-refractivity contribution in [2.45, 2.75) is 26.2 Å². The molecule has 6 heteroatoms. The number of nitrogens with one attached hydrogen (secondary N) is 1. The fourth-order valence-electron chi connectivity index (χ4n) is 1.83. The Hall–Kier alpha value is -2.08. The smallest absolute Gasteiger partial charge is 0.267 e. The molecule has 2 rings (SSSR count). The van der Waals surface area contributed by atoms with Crippen LogP contribution in [0.4, 0.5) is 5.69 Å². The number of thiazole rings is 1. The van der Waals surface area contributed by atoms with Crippen LogP contribution in [-0.2, 0) is 5.41 Å².